The summed E-state index contributed by atoms with van der Waals surface area (Å²) in [5, 5.41) is 11.4. The molecule has 7 nitrogen and oxygen atoms in total. The van der Waals surface area contributed by atoms with E-state index in [1.807, 2.05) is 48.0 Å². The molecule has 0 amide bonds. The minimum absolute atomic E-state index is 0.577. The van der Waals surface area contributed by atoms with Gasteiger partial charge in [-0.25, -0.2) is 4.68 Å². The highest BCUT2D eigenvalue weighted by Crippen LogP contribution is 2.24. The van der Waals surface area contributed by atoms with Crippen LogP contribution < -0.4 is 20.1 Å². The summed E-state index contributed by atoms with van der Waals surface area (Å²) in [4.78, 5) is 4.33. The van der Waals surface area contributed by atoms with Crippen LogP contribution in [0.2, 0.25) is 0 Å². The van der Waals surface area contributed by atoms with Gasteiger partial charge in [-0.05, 0) is 38.1 Å². The third-order valence-electron chi connectivity index (χ3n) is 5.04. The molecule has 0 atom stereocenters. The predicted molar refractivity (Wildman–Crippen MR) is 120 cm³/mol. The second kappa shape index (κ2) is 9.82. The van der Waals surface area contributed by atoms with Crippen LogP contribution >= 0.6 is 0 Å². The largest absolute Gasteiger partial charge is 0.497 e. The molecule has 1 heterocycles. The summed E-state index contributed by atoms with van der Waals surface area (Å²) in [6.07, 6.45) is 0. The Morgan fingerprint density at radius 1 is 1.00 bits per heavy atom. The first-order valence-electron chi connectivity index (χ1n) is 9.83. The Balaban J connectivity index is 1.66. The minimum Gasteiger partial charge on any atom is -0.497 e. The number of hydrogen-bond acceptors (Lipinski definition) is 4. The summed E-state index contributed by atoms with van der Waals surface area (Å²) in [5.41, 5.74) is 5.34. The Morgan fingerprint density at radius 2 is 1.73 bits per heavy atom. The number of benzene rings is 2. The molecular weight excluding hydrogens is 378 g/mol. The average Bonchev–Trinajstić information content (AvgIpc) is 3.07. The van der Waals surface area contributed by atoms with Gasteiger partial charge in [0, 0.05) is 43.0 Å². The van der Waals surface area contributed by atoms with Crippen molar-refractivity contribution in [3.8, 4) is 17.2 Å². The van der Waals surface area contributed by atoms with Gasteiger partial charge < -0.3 is 20.1 Å². The molecule has 0 saturated carbocycles. The second-order valence-corrected chi connectivity index (χ2v) is 6.85. The number of guanidine groups is 1. The molecule has 0 aliphatic carbocycles. The summed E-state index contributed by atoms with van der Waals surface area (Å²) in [6, 6.07) is 15.9. The number of methoxy groups -OCH3 is 2. The van der Waals surface area contributed by atoms with Crippen molar-refractivity contribution in [1.29, 1.82) is 0 Å². The average molecular weight is 408 g/mol. The second-order valence-electron chi connectivity index (χ2n) is 6.85. The molecule has 1 aromatic heterocycles. The van der Waals surface area contributed by atoms with Crippen molar-refractivity contribution in [3.63, 3.8) is 0 Å². The van der Waals surface area contributed by atoms with E-state index in [0.29, 0.717) is 19.0 Å². The van der Waals surface area contributed by atoms with E-state index < -0.39 is 0 Å². The summed E-state index contributed by atoms with van der Waals surface area (Å²) in [7, 11) is 5.05. The number of rotatable bonds is 7. The van der Waals surface area contributed by atoms with Gasteiger partial charge in [-0.2, -0.15) is 5.10 Å². The van der Waals surface area contributed by atoms with Crippen molar-refractivity contribution in [2.75, 3.05) is 21.3 Å². The Morgan fingerprint density at radius 3 is 2.40 bits per heavy atom. The van der Waals surface area contributed by atoms with Crippen LogP contribution in [0.15, 0.2) is 53.5 Å². The van der Waals surface area contributed by atoms with Crippen LogP contribution in [-0.2, 0) is 13.1 Å². The van der Waals surface area contributed by atoms with Crippen LogP contribution in [0.3, 0.4) is 0 Å². The van der Waals surface area contributed by atoms with Crippen molar-refractivity contribution < 1.29 is 9.47 Å². The Labute approximate surface area is 177 Å². The third-order valence-corrected chi connectivity index (χ3v) is 5.04. The Hall–Kier alpha value is -3.48. The van der Waals surface area contributed by atoms with Gasteiger partial charge in [0.2, 0.25) is 0 Å². The lowest BCUT2D eigenvalue weighted by atomic mass is 10.2. The van der Waals surface area contributed by atoms with Gasteiger partial charge in [0.15, 0.2) is 5.96 Å². The number of hydrogen-bond donors (Lipinski definition) is 2. The smallest absolute Gasteiger partial charge is 0.191 e. The molecular formula is C23H29N5O2. The molecule has 158 valence electrons. The number of para-hydroxylation sites is 1. The van der Waals surface area contributed by atoms with Crippen molar-refractivity contribution in [2.45, 2.75) is 26.9 Å². The van der Waals surface area contributed by atoms with Crippen LogP contribution in [0.5, 0.6) is 11.5 Å². The number of aliphatic imine (C=N–C) groups is 1. The molecule has 0 saturated heterocycles. The van der Waals surface area contributed by atoms with Gasteiger partial charge in [-0.15, -0.1) is 0 Å². The Bertz CT molecular complexity index is 1010. The summed E-state index contributed by atoms with van der Waals surface area (Å²) in [6.45, 7) is 5.32. The minimum atomic E-state index is 0.577. The fraction of sp³-hybridized carbons (Fsp3) is 0.304. The molecule has 3 rings (SSSR count). The fourth-order valence-electron chi connectivity index (χ4n) is 3.32. The topological polar surface area (TPSA) is 72.7 Å². The zero-order valence-electron chi connectivity index (χ0n) is 18.2. The highest BCUT2D eigenvalue weighted by atomic mass is 16.5. The molecule has 0 aliphatic rings. The van der Waals surface area contributed by atoms with E-state index in [2.05, 4.69) is 34.7 Å². The molecule has 30 heavy (non-hydrogen) atoms. The van der Waals surface area contributed by atoms with E-state index in [9.17, 15) is 0 Å². The van der Waals surface area contributed by atoms with Gasteiger partial charge >= 0.3 is 0 Å². The normalized spacial score (nSPS) is 11.3. The van der Waals surface area contributed by atoms with E-state index in [1.54, 1.807) is 21.3 Å². The maximum atomic E-state index is 5.47. The first-order valence-corrected chi connectivity index (χ1v) is 9.83. The zero-order valence-corrected chi connectivity index (χ0v) is 18.2. The van der Waals surface area contributed by atoms with E-state index in [0.717, 1.165) is 39.7 Å². The van der Waals surface area contributed by atoms with Crippen LogP contribution in [0.4, 0.5) is 0 Å². The lowest BCUT2D eigenvalue weighted by Gasteiger charge is -2.15. The lowest BCUT2D eigenvalue weighted by Crippen LogP contribution is -2.36. The molecule has 0 aliphatic heterocycles. The number of ether oxygens (including phenoxy) is 2. The molecule has 2 aromatic carbocycles. The van der Waals surface area contributed by atoms with Crippen LogP contribution in [0.25, 0.3) is 5.69 Å². The molecule has 0 bridgehead atoms. The van der Waals surface area contributed by atoms with E-state index in [4.69, 9.17) is 14.6 Å². The molecule has 0 unspecified atom stereocenters. The first kappa shape index (κ1) is 21.2. The van der Waals surface area contributed by atoms with Crippen molar-refractivity contribution in [1.82, 2.24) is 20.4 Å². The molecule has 0 spiro atoms. The highest BCUT2D eigenvalue weighted by Gasteiger charge is 2.13. The van der Waals surface area contributed by atoms with Gasteiger partial charge in [-0.1, -0.05) is 18.2 Å². The number of aromatic nitrogens is 2. The van der Waals surface area contributed by atoms with Crippen molar-refractivity contribution in [3.05, 3.63) is 71.0 Å². The van der Waals surface area contributed by atoms with Gasteiger partial charge in [0.05, 0.1) is 25.6 Å². The maximum absolute atomic E-state index is 5.47. The van der Waals surface area contributed by atoms with Gasteiger partial charge in [0.1, 0.15) is 11.5 Å². The van der Waals surface area contributed by atoms with Crippen LogP contribution in [0.1, 0.15) is 22.5 Å². The lowest BCUT2D eigenvalue weighted by molar-refractivity contribution is 0.390. The fourth-order valence-corrected chi connectivity index (χ4v) is 3.32. The van der Waals surface area contributed by atoms with E-state index in [1.165, 1.54) is 0 Å². The monoisotopic (exact) mass is 407 g/mol. The summed E-state index contributed by atoms with van der Waals surface area (Å²) >= 11 is 0. The number of nitrogens with zero attached hydrogens (tertiary/aromatic N) is 3. The molecule has 0 radical (unpaired) electrons. The summed E-state index contributed by atoms with van der Waals surface area (Å²) < 4.78 is 12.7. The van der Waals surface area contributed by atoms with Crippen molar-refractivity contribution in [2.24, 2.45) is 4.99 Å². The SMILES string of the molecule is CN=C(NCc1ccc(OC)cc1OC)NCc1c(C)nn(-c2ccccc2)c1C. The maximum Gasteiger partial charge on any atom is 0.191 e. The molecule has 0 fully saturated rings. The number of nitrogens with one attached hydrogen (secondary N) is 2. The molecule has 7 heteroatoms. The highest BCUT2D eigenvalue weighted by molar-refractivity contribution is 5.79. The number of aryl methyl sites for hydroxylation is 1. The van der Waals surface area contributed by atoms with Gasteiger partial charge in [-0.3, -0.25) is 4.99 Å². The predicted octanol–water partition coefficient (Wildman–Crippen LogP) is 3.37. The Kier molecular flexibility index (Phi) is 6.95. The molecule has 2 N–H and O–H groups in total. The third kappa shape index (κ3) is 4.74. The molecule has 3 aromatic rings. The van der Waals surface area contributed by atoms with Crippen LogP contribution in [-0.4, -0.2) is 37.0 Å². The van der Waals surface area contributed by atoms with E-state index in [-0.39, 0.29) is 0 Å². The first-order chi connectivity index (χ1) is 14.6. The van der Waals surface area contributed by atoms with Gasteiger partial charge in [0.25, 0.3) is 0 Å². The van der Waals surface area contributed by atoms with E-state index >= 15 is 0 Å². The zero-order chi connectivity index (χ0) is 21.5. The summed E-state index contributed by atoms with van der Waals surface area (Å²) in [5.74, 6) is 2.24. The van der Waals surface area contributed by atoms with Crippen molar-refractivity contribution >= 4 is 5.96 Å². The standard InChI is InChI=1S/C23H29N5O2/c1-16-21(17(2)28(27-16)19-9-7-6-8-10-19)15-26-23(24-3)25-14-18-11-12-20(29-4)13-22(18)30-5/h6-13H,14-15H2,1-5H3,(H2,24,25,26). The van der Waals surface area contributed by atoms with Crippen LogP contribution in [0, 0.1) is 13.8 Å². The quantitative estimate of drug-likeness (QED) is 0.464.